The topological polar surface area (TPSA) is 142 Å². The molecule has 142 valence electrons. The Morgan fingerprint density at radius 2 is 2.14 bits per heavy atom. The summed E-state index contributed by atoms with van der Waals surface area (Å²) in [5, 5.41) is 22.3. The minimum Gasteiger partial charge on any atom is -0.508 e. The van der Waals surface area contributed by atoms with Crippen molar-refractivity contribution in [2.45, 2.75) is 13.5 Å². The van der Waals surface area contributed by atoms with E-state index in [4.69, 9.17) is 11.1 Å². The van der Waals surface area contributed by atoms with Crippen LogP contribution in [-0.2, 0) is 6.54 Å². The van der Waals surface area contributed by atoms with Gasteiger partial charge in [-0.3, -0.25) is 5.41 Å². The van der Waals surface area contributed by atoms with E-state index in [1.165, 1.54) is 6.33 Å². The number of aromatic nitrogens is 5. The van der Waals surface area contributed by atoms with Gasteiger partial charge in [0.25, 0.3) is 0 Å². The Morgan fingerprint density at radius 1 is 1.29 bits per heavy atom. The number of nitrogens with two attached hydrogens (primary N) is 1. The molecule has 6 N–H and O–H groups in total. The second-order valence-electron chi connectivity index (χ2n) is 6.41. The summed E-state index contributed by atoms with van der Waals surface area (Å²) in [6, 6.07) is 6.79. The molecule has 0 aliphatic heterocycles. The number of hydrogen-bond acceptors (Lipinski definition) is 7. The lowest BCUT2D eigenvalue weighted by Gasteiger charge is -2.13. The van der Waals surface area contributed by atoms with E-state index < -0.39 is 0 Å². The van der Waals surface area contributed by atoms with Crippen LogP contribution in [0.15, 0.2) is 43.0 Å². The first-order valence-electron chi connectivity index (χ1n) is 8.76. The molecule has 0 bridgehead atoms. The molecule has 0 radical (unpaired) electrons. The number of benzene rings is 1. The Hall–Kier alpha value is -3.88. The highest BCUT2D eigenvalue weighted by Gasteiger charge is 2.18. The van der Waals surface area contributed by atoms with Crippen LogP contribution < -0.4 is 11.1 Å². The molecule has 9 nitrogen and oxygen atoms in total. The molecule has 4 rings (SSSR count). The predicted octanol–water partition coefficient (Wildman–Crippen LogP) is 2.28. The van der Waals surface area contributed by atoms with Crippen molar-refractivity contribution >= 4 is 28.3 Å². The molecule has 0 amide bonds. The SMILES string of the molecule is Cc1nccn1CCNc1ncnc(N)c1C(=N)c1cc2cc(O)ccc2[nH]1. The van der Waals surface area contributed by atoms with E-state index >= 15 is 0 Å². The number of fused-ring (bicyclic) bond motifs is 1. The van der Waals surface area contributed by atoms with Gasteiger partial charge >= 0.3 is 0 Å². The van der Waals surface area contributed by atoms with Gasteiger partial charge in [0.1, 0.15) is 29.5 Å². The number of imidazole rings is 1. The summed E-state index contributed by atoms with van der Waals surface area (Å²) in [6.07, 6.45) is 5.04. The fourth-order valence-corrected chi connectivity index (χ4v) is 3.10. The quantitative estimate of drug-likeness (QED) is 0.327. The fraction of sp³-hybridized carbons (Fsp3) is 0.158. The molecule has 9 heteroatoms. The lowest BCUT2D eigenvalue weighted by atomic mass is 10.1. The molecule has 28 heavy (non-hydrogen) atoms. The number of nitrogens with zero attached hydrogens (tertiary/aromatic N) is 4. The van der Waals surface area contributed by atoms with Gasteiger partial charge in [-0.05, 0) is 31.2 Å². The first kappa shape index (κ1) is 17.5. The first-order valence-corrected chi connectivity index (χ1v) is 8.76. The highest BCUT2D eigenvalue weighted by atomic mass is 16.3. The van der Waals surface area contributed by atoms with Crippen molar-refractivity contribution in [3.8, 4) is 5.75 Å². The van der Waals surface area contributed by atoms with Gasteiger partial charge in [0.2, 0.25) is 0 Å². The smallest absolute Gasteiger partial charge is 0.141 e. The van der Waals surface area contributed by atoms with E-state index in [0.29, 0.717) is 30.2 Å². The zero-order valence-corrected chi connectivity index (χ0v) is 15.3. The Morgan fingerprint density at radius 3 is 2.93 bits per heavy atom. The molecule has 0 atom stereocenters. The van der Waals surface area contributed by atoms with Gasteiger partial charge in [0.15, 0.2) is 0 Å². The minimum absolute atomic E-state index is 0.171. The van der Waals surface area contributed by atoms with Gasteiger partial charge < -0.3 is 25.7 Å². The van der Waals surface area contributed by atoms with E-state index in [-0.39, 0.29) is 17.3 Å². The van der Waals surface area contributed by atoms with Crippen molar-refractivity contribution in [3.63, 3.8) is 0 Å². The summed E-state index contributed by atoms with van der Waals surface area (Å²) in [5.74, 6) is 1.82. The number of aromatic amines is 1. The van der Waals surface area contributed by atoms with E-state index in [1.807, 2.05) is 17.7 Å². The summed E-state index contributed by atoms with van der Waals surface area (Å²) in [5.41, 5.74) is 8.06. The molecular weight excluding hydrogens is 356 g/mol. The normalized spacial score (nSPS) is 11.0. The number of H-pyrrole nitrogens is 1. The molecule has 0 saturated heterocycles. The molecule has 4 aromatic rings. The third-order valence-corrected chi connectivity index (χ3v) is 4.57. The Bertz CT molecular complexity index is 1160. The minimum atomic E-state index is 0.171. The maximum absolute atomic E-state index is 9.65. The zero-order valence-electron chi connectivity index (χ0n) is 15.3. The van der Waals surface area contributed by atoms with Gasteiger partial charge in [-0.25, -0.2) is 15.0 Å². The third-order valence-electron chi connectivity index (χ3n) is 4.57. The van der Waals surface area contributed by atoms with Crippen molar-refractivity contribution in [1.82, 2.24) is 24.5 Å². The number of hydrogen-bond donors (Lipinski definition) is 5. The second kappa shape index (κ2) is 7.03. The van der Waals surface area contributed by atoms with E-state index in [2.05, 4.69) is 25.3 Å². The molecule has 0 aliphatic rings. The van der Waals surface area contributed by atoms with Crippen LogP contribution in [0, 0.1) is 12.3 Å². The van der Waals surface area contributed by atoms with Crippen molar-refractivity contribution < 1.29 is 5.11 Å². The second-order valence-corrected chi connectivity index (χ2v) is 6.41. The highest BCUT2D eigenvalue weighted by Crippen LogP contribution is 2.25. The summed E-state index contributed by atoms with van der Waals surface area (Å²) in [7, 11) is 0. The van der Waals surface area contributed by atoms with Crippen LogP contribution in [0.5, 0.6) is 5.75 Å². The molecule has 3 heterocycles. The van der Waals surface area contributed by atoms with Crippen molar-refractivity contribution in [3.05, 3.63) is 60.1 Å². The van der Waals surface area contributed by atoms with Crippen LogP contribution in [0.1, 0.15) is 17.1 Å². The number of aromatic hydroxyl groups is 1. The van der Waals surface area contributed by atoms with Crippen LogP contribution in [0.4, 0.5) is 11.6 Å². The number of phenolic OH excluding ortho intramolecular Hbond substituents is 1. The van der Waals surface area contributed by atoms with Crippen molar-refractivity contribution in [2.24, 2.45) is 0 Å². The van der Waals surface area contributed by atoms with Crippen LogP contribution in [-0.4, -0.2) is 41.9 Å². The third kappa shape index (κ3) is 3.25. The largest absolute Gasteiger partial charge is 0.508 e. The fourth-order valence-electron chi connectivity index (χ4n) is 3.10. The molecule has 3 aromatic heterocycles. The van der Waals surface area contributed by atoms with Gasteiger partial charge in [-0.15, -0.1) is 0 Å². The summed E-state index contributed by atoms with van der Waals surface area (Å²) in [6.45, 7) is 3.24. The summed E-state index contributed by atoms with van der Waals surface area (Å²) < 4.78 is 2.02. The molecular formula is C19H20N8O. The Balaban J connectivity index is 1.60. The molecule has 0 fully saturated rings. The van der Waals surface area contributed by atoms with Gasteiger partial charge in [-0.1, -0.05) is 0 Å². The zero-order chi connectivity index (χ0) is 19.7. The summed E-state index contributed by atoms with van der Waals surface area (Å²) in [4.78, 5) is 15.7. The number of rotatable bonds is 6. The predicted molar refractivity (Wildman–Crippen MR) is 108 cm³/mol. The highest BCUT2D eigenvalue weighted by molar-refractivity contribution is 6.16. The monoisotopic (exact) mass is 376 g/mol. The molecule has 0 spiro atoms. The Kier molecular flexibility index (Phi) is 4.40. The first-order chi connectivity index (χ1) is 13.5. The van der Waals surface area contributed by atoms with Crippen LogP contribution >= 0.6 is 0 Å². The van der Waals surface area contributed by atoms with E-state index in [9.17, 15) is 5.11 Å². The average Bonchev–Trinajstić information content (AvgIpc) is 3.27. The van der Waals surface area contributed by atoms with Crippen molar-refractivity contribution in [1.29, 1.82) is 5.41 Å². The van der Waals surface area contributed by atoms with Crippen LogP contribution in [0.3, 0.4) is 0 Å². The molecule has 1 aromatic carbocycles. The van der Waals surface area contributed by atoms with E-state index in [1.54, 1.807) is 30.5 Å². The van der Waals surface area contributed by atoms with Gasteiger partial charge in [0, 0.05) is 36.4 Å². The van der Waals surface area contributed by atoms with Crippen LogP contribution in [0.2, 0.25) is 0 Å². The number of phenols is 1. The van der Waals surface area contributed by atoms with Gasteiger partial charge in [-0.2, -0.15) is 0 Å². The van der Waals surface area contributed by atoms with Crippen molar-refractivity contribution in [2.75, 3.05) is 17.6 Å². The average molecular weight is 376 g/mol. The van der Waals surface area contributed by atoms with Crippen LogP contribution in [0.25, 0.3) is 10.9 Å². The maximum Gasteiger partial charge on any atom is 0.141 e. The van der Waals surface area contributed by atoms with Gasteiger partial charge in [0.05, 0.1) is 17.0 Å². The Labute approximate surface area is 160 Å². The lowest BCUT2D eigenvalue weighted by molar-refractivity contribution is 0.476. The number of nitrogens with one attached hydrogen (secondary N) is 3. The lowest BCUT2D eigenvalue weighted by Crippen LogP contribution is -2.17. The van der Waals surface area contributed by atoms with E-state index in [0.717, 1.165) is 16.7 Å². The standard InChI is InChI=1S/C19H20N8O/c1-11-22-4-6-27(11)7-5-23-19-16(18(21)24-10-25-19)17(20)15-9-12-8-13(28)2-3-14(12)26-15/h2-4,6,8-10,20,26,28H,5,7H2,1H3,(H3,21,23,24,25). The molecule has 0 saturated carbocycles. The number of aryl methyl sites for hydroxylation is 1. The molecule has 0 aliphatic carbocycles. The number of anilines is 2. The number of nitrogen functional groups attached to an aromatic ring is 1. The summed E-state index contributed by atoms with van der Waals surface area (Å²) >= 11 is 0. The molecule has 0 unspecified atom stereocenters. The maximum atomic E-state index is 9.65.